The summed E-state index contributed by atoms with van der Waals surface area (Å²) in [5.74, 6) is 0.378. The summed E-state index contributed by atoms with van der Waals surface area (Å²) in [4.78, 5) is 27.7. The number of nitrogens with zero attached hydrogens (tertiary/aromatic N) is 1. The highest BCUT2D eigenvalue weighted by atomic mass is 16.7. The third-order valence-electron chi connectivity index (χ3n) is 6.29. The van der Waals surface area contributed by atoms with Gasteiger partial charge in [0.05, 0.1) is 26.9 Å². The fourth-order valence-corrected chi connectivity index (χ4v) is 4.53. The summed E-state index contributed by atoms with van der Waals surface area (Å²) >= 11 is 0. The normalized spacial score (nSPS) is 23.6. The molecule has 2 saturated heterocycles. The Morgan fingerprint density at radius 3 is 2.54 bits per heavy atom. The number of hydrogen-bond acceptors (Lipinski definition) is 7. The lowest BCUT2D eigenvalue weighted by molar-refractivity contribution is -0.174. The van der Waals surface area contributed by atoms with Crippen LogP contribution in [0.4, 0.5) is 0 Å². The molecule has 1 N–H and O–H groups in total. The highest BCUT2D eigenvalue weighted by Crippen LogP contribution is 2.36. The molecule has 8 nitrogen and oxygen atoms in total. The summed E-state index contributed by atoms with van der Waals surface area (Å²) in [6.07, 6.45) is 1.20. The minimum atomic E-state index is -0.731. The summed E-state index contributed by atoms with van der Waals surface area (Å²) in [7, 11) is 3.18. The predicted molar refractivity (Wildman–Crippen MR) is 130 cm³/mol. The van der Waals surface area contributed by atoms with E-state index in [0.717, 1.165) is 5.56 Å². The maximum absolute atomic E-state index is 13.3. The molecule has 2 aromatic rings. The van der Waals surface area contributed by atoms with Crippen molar-refractivity contribution in [2.45, 2.75) is 51.3 Å². The Bertz CT molecular complexity index is 1110. The van der Waals surface area contributed by atoms with Crippen LogP contribution >= 0.6 is 0 Å². The first-order valence-electron chi connectivity index (χ1n) is 11.6. The molecule has 4 rings (SSSR count). The third kappa shape index (κ3) is 5.33. The summed E-state index contributed by atoms with van der Waals surface area (Å²) < 4.78 is 22.7. The van der Waals surface area contributed by atoms with Crippen molar-refractivity contribution >= 4 is 11.7 Å². The Balaban J connectivity index is 1.54. The fourth-order valence-electron chi connectivity index (χ4n) is 4.53. The van der Waals surface area contributed by atoms with Gasteiger partial charge in [0, 0.05) is 35.5 Å². The molecule has 0 bridgehead atoms. The SMILES string of the molecule is COc1ccc(CN2C(=O)[C@@H](N/C(C)=C\C(=O)c3ccccc3)[C@H]2[C@@H]2COC(C)(C)O2)c(OC)c1. The largest absolute Gasteiger partial charge is 0.497 e. The first kappa shape index (κ1) is 24.8. The van der Waals surface area contributed by atoms with Gasteiger partial charge in [-0.2, -0.15) is 0 Å². The van der Waals surface area contributed by atoms with Crippen LogP contribution in [0.1, 0.15) is 36.7 Å². The number of methoxy groups -OCH3 is 2. The van der Waals surface area contributed by atoms with Crippen molar-refractivity contribution in [3.8, 4) is 11.5 Å². The summed E-state index contributed by atoms with van der Waals surface area (Å²) in [6.45, 7) is 6.22. The third-order valence-corrected chi connectivity index (χ3v) is 6.29. The Kier molecular flexibility index (Phi) is 7.14. The minimum Gasteiger partial charge on any atom is -0.497 e. The highest BCUT2D eigenvalue weighted by molar-refractivity contribution is 6.04. The quantitative estimate of drug-likeness (QED) is 0.335. The van der Waals surface area contributed by atoms with Crippen molar-refractivity contribution in [1.29, 1.82) is 0 Å². The summed E-state index contributed by atoms with van der Waals surface area (Å²) in [6, 6.07) is 13.7. The number of ketones is 1. The molecule has 2 aliphatic heterocycles. The van der Waals surface area contributed by atoms with Crippen LogP contribution in [-0.4, -0.2) is 61.4 Å². The minimum absolute atomic E-state index is 0.0823. The molecule has 35 heavy (non-hydrogen) atoms. The van der Waals surface area contributed by atoms with Gasteiger partial charge in [-0.25, -0.2) is 0 Å². The van der Waals surface area contributed by atoms with Gasteiger partial charge >= 0.3 is 0 Å². The van der Waals surface area contributed by atoms with Crippen LogP contribution in [0.25, 0.3) is 0 Å². The van der Waals surface area contributed by atoms with Crippen molar-refractivity contribution in [3.05, 3.63) is 71.4 Å². The fraction of sp³-hybridized carbons (Fsp3) is 0.407. The summed E-state index contributed by atoms with van der Waals surface area (Å²) in [5.41, 5.74) is 2.06. The van der Waals surface area contributed by atoms with E-state index in [9.17, 15) is 9.59 Å². The Morgan fingerprint density at radius 2 is 1.91 bits per heavy atom. The second kappa shape index (κ2) is 10.1. The summed E-state index contributed by atoms with van der Waals surface area (Å²) in [5, 5.41) is 3.25. The Morgan fingerprint density at radius 1 is 1.17 bits per heavy atom. The van der Waals surface area contributed by atoms with Gasteiger partial charge in [-0.05, 0) is 32.9 Å². The van der Waals surface area contributed by atoms with Crippen LogP contribution in [0.15, 0.2) is 60.3 Å². The van der Waals surface area contributed by atoms with E-state index in [1.54, 1.807) is 44.2 Å². The van der Waals surface area contributed by atoms with Crippen LogP contribution in [0.5, 0.6) is 11.5 Å². The molecule has 2 aliphatic rings. The molecular formula is C27H32N2O6. The molecule has 0 aromatic heterocycles. The molecule has 2 aromatic carbocycles. The van der Waals surface area contributed by atoms with Gasteiger partial charge in [0.25, 0.3) is 0 Å². The van der Waals surface area contributed by atoms with Crippen molar-refractivity contribution in [1.82, 2.24) is 10.2 Å². The number of rotatable bonds is 9. The van der Waals surface area contributed by atoms with Gasteiger partial charge in [0.1, 0.15) is 23.6 Å². The van der Waals surface area contributed by atoms with Crippen LogP contribution in [0.2, 0.25) is 0 Å². The van der Waals surface area contributed by atoms with Gasteiger partial charge < -0.3 is 29.2 Å². The van der Waals surface area contributed by atoms with Crippen LogP contribution < -0.4 is 14.8 Å². The Hall–Kier alpha value is -3.36. The van der Waals surface area contributed by atoms with Crippen molar-refractivity contribution in [2.24, 2.45) is 0 Å². The molecule has 0 unspecified atom stereocenters. The van der Waals surface area contributed by atoms with Crippen LogP contribution in [0.3, 0.4) is 0 Å². The zero-order valence-electron chi connectivity index (χ0n) is 20.7. The molecule has 2 fully saturated rings. The first-order chi connectivity index (χ1) is 16.7. The molecule has 3 atom stereocenters. The van der Waals surface area contributed by atoms with Crippen molar-refractivity contribution in [3.63, 3.8) is 0 Å². The topological polar surface area (TPSA) is 86.3 Å². The molecule has 186 valence electrons. The van der Waals surface area contributed by atoms with Gasteiger partial charge in [-0.15, -0.1) is 0 Å². The van der Waals surface area contributed by atoms with E-state index in [-0.39, 0.29) is 23.8 Å². The molecule has 0 aliphatic carbocycles. The van der Waals surface area contributed by atoms with Crippen LogP contribution in [0, 0.1) is 0 Å². The van der Waals surface area contributed by atoms with Gasteiger partial charge in [0.2, 0.25) is 5.91 Å². The average Bonchev–Trinajstić information content (AvgIpc) is 3.21. The standard InChI is InChI=1S/C27H32N2O6/c1-17(13-21(30)18-9-7-6-8-10-18)28-24-25(23-16-34-27(2,3)35-23)29(26(24)31)15-19-11-12-20(32-4)14-22(19)33-5/h6-14,23-25,28H,15-16H2,1-5H3/b17-13-/t23-,24-,25+/m0/s1. The molecule has 0 radical (unpaired) electrons. The molecule has 8 heteroatoms. The number of benzene rings is 2. The van der Waals surface area contributed by atoms with E-state index in [4.69, 9.17) is 18.9 Å². The number of allylic oxidation sites excluding steroid dienone is 2. The highest BCUT2D eigenvalue weighted by Gasteiger charge is 2.54. The number of carbonyl (C=O) groups is 2. The van der Waals surface area contributed by atoms with Gasteiger partial charge in [-0.1, -0.05) is 30.3 Å². The lowest BCUT2D eigenvalue weighted by atomic mass is 9.89. The lowest BCUT2D eigenvalue weighted by Crippen LogP contribution is -2.73. The number of ether oxygens (including phenoxy) is 4. The van der Waals surface area contributed by atoms with Crippen molar-refractivity contribution in [2.75, 3.05) is 20.8 Å². The number of amides is 1. The maximum Gasteiger partial charge on any atom is 0.248 e. The second-order valence-corrected chi connectivity index (χ2v) is 9.18. The molecule has 0 saturated carbocycles. The number of hydrogen-bond donors (Lipinski definition) is 1. The maximum atomic E-state index is 13.3. The van der Waals surface area contributed by atoms with Crippen molar-refractivity contribution < 1.29 is 28.5 Å². The first-order valence-corrected chi connectivity index (χ1v) is 11.6. The second-order valence-electron chi connectivity index (χ2n) is 9.18. The molecule has 1 amide bonds. The van der Waals surface area contributed by atoms with E-state index < -0.39 is 11.8 Å². The predicted octanol–water partition coefficient (Wildman–Crippen LogP) is 3.31. The zero-order chi connectivity index (χ0) is 25.2. The smallest absolute Gasteiger partial charge is 0.248 e. The number of β-lactam (4-membered cyclic amide) rings is 1. The number of nitrogens with one attached hydrogen (secondary N) is 1. The van der Waals surface area contributed by atoms with Crippen LogP contribution in [-0.2, 0) is 20.8 Å². The average molecular weight is 481 g/mol. The van der Waals surface area contributed by atoms with Gasteiger partial charge in [-0.3, -0.25) is 9.59 Å². The number of likely N-dealkylation sites (tertiary alicyclic amines) is 1. The lowest BCUT2D eigenvalue weighted by Gasteiger charge is -2.50. The van der Waals surface area contributed by atoms with E-state index >= 15 is 0 Å². The van der Waals surface area contributed by atoms with E-state index in [1.165, 1.54) is 6.08 Å². The molecular weight excluding hydrogens is 448 g/mol. The number of carbonyl (C=O) groups excluding carboxylic acids is 2. The zero-order valence-corrected chi connectivity index (χ0v) is 20.7. The van der Waals surface area contributed by atoms with E-state index in [0.29, 0.717) is 35.9 Å². The van der Waals surface area contributed by atoms with Gasteiger partial charge in [0.15, 0.2) is 11.6 Å². The Labute approximate surface area is 205 Å². The van der Waals surface area contributed by atoms with E-state index in [2.05, 4.69) is 5.32 Å². The molecule has 2 heterocycles. The van der Waals surface area contributed by atoms with E-state index in [1.807, 2.05) is 44.2 Å². The molecule has 0 spiro atoms. The monoisotopic (exact) mass is 480 g/mol.